The zero-order valence-electron chi connectivity index (χ0n) is 12.2. The van der Waals surface area contributed by atoms with Crippen LogP contribution in [0.4, 0.5) is 0 Å². The highest BCUT2D eigenvalue weighted by Gasteiger charge is 2.15. The lowest BCUT2D eigenvalue weighted by atomic mass is 9.99. The van der Waals surface area contributed by atoms with Gasteiger partial charge in [0, 0.05) is 17.7 Å². The largest absolute Gasteiger partial charge is 0.497 e. The van der Waals surface area contributed by atoms with Crippen LogP contribution in [-0.4, -0.2) is 20.8 Å². The molecule has 1 N–H and O–H groups in total. The summed E-state index contributed by atoms with van der Waals surface area (Å²) in [6.45, 7) is 6.83. The van der Waals surface area contributed by atoms with E-state index in [0.29, 0.717) is 6.04 Å². The Kier molecular flexibility index (Phi) is 7.04. The van der Waals surface area contributed by atoms with Gasteiger partial charge in [0.05, 0.1) is 14.2 Å². The van der Waals surface area contributed by atoms with Crippen molar-refractivity contribution in [2.45, 2.75) is 32.2 Å². The SMILES string of the molecule is C=CCCCC(NCC)c1ccc(OC)cc1OC. The van der Waals surface area contributed by atoms with Crippen LogP contribution in [0.15, 0.2) is 30.9 Å². The van der Waals surface area contributed by atoms with Gasteiger partial charge in [-0.05, 0) is 31.9 Å². The van der Waals surface area contributed by atoms with Crippen LogP contribution in [0, 0.1) is 0 Å². The molecule has 0 saturated carbocycles. The Hall–Kier alpha value is -1.48. The first kappa shape index (κ1) is 15.6. The fraction of sp³-hybridized carbons (Fsp3) is 0.500. The Morgan fingerprint density at radius 1 is 1.32 bits per heavy atom. The van der Waals surface area contributed by atoms with Crippen molar-refractivity contribution in [3.63, 3.8) is 0 Å². The van der Waals surface area contributed by atoms with Gasteiger partial charge in [0.2, 0.25) is 0 Å². The second-order valence-electron chi connectivity index (χ2n) is 4.44. The number of methoxy groups -OCH3 is 2. The van der Waals surface area contributed by atoms with Gasteiger partial charge in [-0.1, -0.05) is 19.1 Å². The average Bonchev–Trinajstić information content (AvgIpc) is 2.46. The smallest absolute Gasteiger partial charge is 0.127 e. The third-order valence-electron chi connectivity index (χ3n) is 3.17. The summed E-state index contributed by atoms with van der Waals surface area (Å²) in [5.41, 5.74) is 1.19. The van der Waals surface area contributed by atoms with Gasteiger partial charge in [-0.3, -0.25) is 0 Å². The zero-order valence-corrected chi connectivity index (χ0v) is 12.2. The molecule has 0 aliphatic carbocycles. The van der Waals surface area contributed by atoms with Crippen molar-refractivity contribution in [3.05, 3.63) is 36.4 Å². The maximum absolute atomic E-state index is 5.48. The molecule has 3 heteroatoms. The van der Waals surface area contributed by atoms with E-state index in [-0.39, 0.29) is 0 Å². The van der Waals surface area contributed by atoms with Gasteiger partial charge in [0.25, 0.3) is 0 Å². The molecule has 0 heterocycles. The van der Waals surface area contributed by atoms with E-state index in [0.717, 1.165) is 37.3 Å². The molecule has 1 rings (SSSR count). The molecule has 1 unspecified atom stereocenters. The van der Waals surface area contributed by atoms with Crippen molar-refractivity contribution in [1.82, 2.24) is 5.32 Å². The summed E-state index contributed by atoms with van der Waals surface area (Å²) in [4.78, 5) is 0. The van der Waals surface area contributed by atoms with Crippen LogP contribution in [-0.2, 0) is 0 Å². The van der Waals surface area contributed by atoms with Gasteiger partial charge in [-0.25, -0.2) is 0 Å². The molecule has 0 aliphatic rings. The van der Waals surface area contributed by atoms with E-state index >= 15 is 0 Å². The Morgan fingerprint density at radius 2 is 2.11 bits per heavy atom. The normalized spacial score (nSPS) is 11.9. The van der Waals surface area contributed by atoms with E-state index in [4.69, 9.17) is 9.47 Å². The Balaban J connectivity index is 2.90. The van der Waals surface area contributed by atoms with Crippen molar-refractivity contribution in [2.75, 3.05) is 20.8 Å². The third-order valence-corrected chi connectivity index (χ3v) is 3.17. The highest BCUT2D eigenvalue weighted by Crippen LogP contribution is 2.31. The minimum absolute atomic E-state index is 0.311. The molecule has 0 fully saturated rings. The minimum Gasteiger partial charge on any atom is -0.497 e. The third kappa shape index (κ3) is 4.60. The highest BCUT2D eigenvalue weighted by atomic mass is 16.5. The van der Waals surface area contributed by atoms with Crippen LogP contribution in [0.5, 0.6) is 11.5 Å². The fourth-order valence-electron chi connectivity index (χ4n) is 2.19. The molecule has 1 aromatic carbocycles. The van der Waals surface area contributed by atoms with Gasteiger partial charge < -0.3 is 14.8 Å². The quantitative estimate of drug-likeness (QED) is 0.544. The molecule has 0 saturated heterocycles. The Labute approximate surface area is 116 Å². The van der Waals surface area contributed by atoms with Crippen molar-refractivity contribution in [2.24, 2.45) is 0 Å². The lowest BCUT2D eigenvalue weighted by Crippen LogP contribution is -2.21. The molecular formula is C16H25NO2. The van der Waals surface area contributed by atoms with Gasteiger partial charge in [0.15, 0.2) is 0 Å². The zero-order chi connectivity index (χ0) is 14.1. The molecule has 0 aromatic heterocycles. The number of unbranched alkanes of at least 4 members (excludes halogenated alkanes) is 1. The van der Waals surface area contributed by atoms with E-state index < -0.39 is 0 Å². The first-order valence-corrected chi connectivity index (χ1v) is 6.83. The van der Waals surface area contributed by atoms with Crippen LogP contribution >= 0.6 is 0 Å². The molecule has 0 amide bonds. The number of nitrogens with one attached hydrogen (secondary N) is 1. The first-order valence-electron chi connectivity index (χ1n) is 6.83. The predicted octanol–water partition coefficient (Wildman–Crippen LogP) is 3.71. The Bertz CT molecular complexity index is 390. The van der Waals surface area contributed by atoms with Crippen molar-refractivity contribution in [3.8, 4) is 11.5 Å². The number of ether oxygens (including phenoxy) is 2. The molecular weight excluding hydrogens is 238 g/mol. The molecule has 1 atom stereocenters. The lowest BCUT2D eigenvalue weighted by molar-refractivity contribution is 0.381. The number of rotatable bonds is 9. The number of allylic oxidation sites excluding steroid dienone is 1. The topological polar surface area (TPSA) is 30.5 Å². The van der Waals surface area contributed by atoms with Crippen LogP contribution in [0.1, 0.15) is 37.8 Å². The number of benzene rings is 1. The summed E-state index contributed by atoms with van der Waals surface area (Å²) in [7, 11) is 3.37. The predicted molar refractivity (Wildman–Crippen MR) is 80.0 cm³/mol. The molecule has 0 bridgehead atoms. The molecule has 0 aliphatic heterocycles. The maximum atomic E-state index is 5.48. The molecule has 1 aromatic rings. The summed E-state index contributed by atoms with van der Waals surface area (Å²) >= 11 is 0. The number of hydrogen-bond donors (Lipinski definition) is 1. The van der Waals surface area contributed by atoms with E-state index in [2.05, 4.69) is 24.9 Å². The van der Waals surface area contributed by atoms with E-state index in [9.17, 15) is 0 Å². The van der Waals surface area contributed by atoms with Gasteiger partial charge in [-0.15, -0.1) is 6.58 Å². The standard InChI is InChI=1S/C16H25NO2/c1-5-7-8-9-15(17-6-2)14-11-10-13(18-3)12-16(14)19-4/h5,10-12,15,17H,1,6-9H2,2-4H3. The van der Waals surface area contributed by atoms with E-state index in [1.165, 1.54) is 5.56 Å². The summed E-state index contributed by atoms with van der Waals surface area (Å²) in [6, 6.07) is 6.31. The van der Waals surface area contributed by atoms with Crippen LogP contribution in [0.3, 0.4) is 0 Å². The second-order valence-corrected chi connectivity index (χ2v) is 4.44. The monoisotopic (exact) mass is 263 g/mol. The van der Waals surface area contributed by atoms with Gasteiger partial charge in [-0.2, -0.15) is 0 Å². The van der Waals surface area contributed by atoms with E-state index in [1.807, 2.05) is 18.2 Å². The number of hydrogen-bond acceptors (Lipinski definition) is 3. The van der Waals surface area contributed by atoms with E-state index in [1.54, 1.807) is 14.2 Å². The van der Waals surface area contributed by atoms with Crippen molar-refractivity contribution < 1.29 is 9.47 Å². The minimum atomic E-state index is 0.311. The molecule has 106 valence electrons. The molecule has 0 radical (unpaired) electrons. The molecule has 3 nitrogen and oxygen atoms in total. The van der Waals surface area contributed by atoms with Crippen LogP contribution in [0.25, 0.3) is 0 Å². The highest BCUT2D eigenvalue weighted by molar-refractivity contribution is 5.42. The van der Waals surface area contributed by atoms with Crippen LogP contribution < -0.4 is 14.8 Å². The summed E-state index contributed by atoms with van der Waals surface area (Å²) in [5, 5.41) is 3.51. The summed E-state index contributed by atoms with van der Waals surface area (Å²) in [5.74, 6) is 1.70. The van der Waals surface area contributed by atoms with Crippen molar-refractivity contribution in [1.29, 1.82) is 0 Å². The summed E-state index contributed by atoms with van der Waals surface area (Å²) in [6.07, 6.45) is 5.20. The van der Waals surface area contributed by atoms with Crippen LogP contribution in [0.2, 0.25) is 0 Å². The molecule has 0 spiro atoms. The van der Waals surface area contributed by atoms with Gasteiger partial charge >= 0.3 is 0 Å². The first-order chi connectivity index (χ1) is 9.26. The molecule has 19 heavy (non-hydrogen) atoms. The summed E-state index contributed by atoms with van der Waals surface area (Å²) < 4.78 is 10.7. The maximum Gasteiger partial charge on any atom is 0.127 e. The van der Waals surface area contributed by atoms with Gasteiger partial charge in [0.1, 0.15) is 11.5 Å². The average molecular weight is 263 g/mol. The Morgan fingerprint density at radius 3 is 2.68 bits per heavy atom. The fourth-order valence-corrected chi connectivity index (χ4v) is 2.19. The van der Waals surface area contributed by atoms with Crippen molar-refractivity contribution >= 4 is 0 Å². The lowest BCUT2D eigenvalue weighted by Gasteiger charge is -2.21. The second kappa shape index (κ2) is 8.59.